The number of carbonyl (C=O) groups is 1. The van der Waals surface area contributed by atoms with Crippen molar-refractivity contribution >= 4 is 5.91 Å². The van der Waals surface area contributed by atoms with Crippen molar-refractivity contribution in [2.75, 3.05) is 0 Å². The molecule has 2 rings (SSSR count). The quantitative estimate of drug-likeness (QED) is 0.898. The van der Waals surface area contributed by atoms with Crippen LogP contribution in [0, 0.1) is 11.8 Å². The predicted octanol–water partition coefficient (Wildman–Crippen LogP) is 3.58. The van der Waals surface area contributed by atoms with Crippen LogP contribution >= 0.6 is 0 Å². The summed E-state index contributed by atoms with van der Waals surface area (Å²) >= 11 is 0. The number of rotatable bonds is 5. The molecule has 1 amide bonds. The maximum atomic E-state index is 12.9. The second-order valence-corrected chi connectivity index (χ2v) is 6.57. The molecule has 1 N–H and O–H groups in total. The van der Waals surface area contributed by atoms with Gasteiger partial charge in [-0.15, -0.1) is 0 Å². The van der Waals surface area contributed by atoms with Gasteiger partial charge in [0.05, 0.1) is 6.17 Å². The Kier molecular flexibility index (Phi) is 5.04. The first-order valence-electron chi connectivity index (χ1n) is 8.10. The van der Waals surface area contributed by atoms with E-state index in [9.17, 15) is 4.79 Å². The average Bonchev–Trinajstić information content (AvgIpc) is 2.84. The number of hydrogen-bond donors (Lipinski definition) is 1. The average molecular weight is 288 g/mol. The first kappa shape index (κ1) is 16.0. The van der Waals surface area contributed by atoms with Crippen LogP contribution < -0.4 is 5.32 Å². The van der Waals surface area contributed by atoms with E-state index in [0.29, 0.717) is 11.8 Å². The lowest BCUT2D eigenvalue weighted by Gasteiger charge is -2.35. The summed E-state index contributed by atoms with van der Waals surface area (Å²) in [5.41, 5.74) is 1.06. The maximum absolute atomic E-state index is 12.9. The molecule has 1 aliphatic heterocycles. The second-order valence-electron chi connectivity index (χ2n) is 6.57. The Morgan fingerprint density at radius 2 is 1.76 bits per heavy atom. The Bertz CT molecular complexity index is 471. The third-order valence-electron chi connectivity index (χ3n) is 4.81. The molecule has 21 heavy (non-hydrogen) atoms. The molecular weight excluding hydrogens is 260 g/mol. The molecule has 0 aliphatic carbocycles. The lowest BCUT2D eigenvalue weighted by Crippen LogP contribution is -2.48. The van der Waals surface area contributed by atoms with Crippen LogP contribution in [0.15, 0.2) is 30.3 Å². The SMILES string of the molecule is CCC(C)C(C)N1C(=O)C(c2ccccc2)NC1C(C)C. The van der Waals surface area contributed by atoms with E-state index in [2.05, 4.69) is 44.8 Å². The van der Waals surface area contributed by atoms with Crippen LogP contribution in [-0.4, -0.2) is 23.0 Å². The summed E-state index contributed by atoms with van der Waals surface area (Å²) in [6.07, 6.45) is 1.21. The van der Waals surface area contributed by atoms with Crippen LogP contribution in [0.4, 0.5) is 0 Å². The summed E-state index contributed by atoms with van der Waals surface area (Å²) in [7, 11) is 0. The molecule has 0 spiro atoms. The number of amides is 1. The van der Waals surface area contributed by atoms with E-state index in [1.54, 1.807) is 0 Å². The van der Waals surface area contributed by atoms with Crippen molar-refractivity contribution in [1.82, 2.24) is 10.2 Å². The van der Waals surface area contributed by atoms with E-state index >= 15 is 0 Å². The lowest BCUT2D eigenvalue weighted by molar-refractivity contribution is -0.133. The summed E-state index contributed by atoms with van der Waals surface area (Å²) in [4.78, 5) is 15.0. The van der Waals surface area contributed by atoms with Crippen LogP contribution in [0.2, 0.25) is 0 Å². The molecule has 4 unspecified atom stereocenters. The number of hydrogen-bond acceptors (Lipinski definition) is 2. The molecule has 0 aromatic heterocycles. The van der Waals surface area contributed by atoms with Gasteiger partial charge in [-0.3, -0.25) is 10.1 Å². The number of nitrogens with one attached hydrogen (secondary N) is 1. The van der Waals surface area contributed by atoms with Gasteiger partial charge in [0.15, 0.2) is 0 Å². The molecular formula is C18H28N2O. The highest BCUT2D eigenvalue weighted by Gasteiger charge is 2.43. The Hall–Kier alpha value is -1.35. The summed E-state index contributed by atoms with van der Waals surface area (Å²) in [5.74, 6) is 1.12. The molecule has 4 atom stereocenters. The molecule has 0 saturated carbocycles. The molecule has 1 fully saturated rings. The van der Waals surface area contributed by atoms with Crippen molar-refractivity contribution in [3.8, 4) is 0 Å². The normalized spacial score (nSPS) is 25.4. The van der Waals surface area contributed by atoms with Crippen molar-refractivity contribution in [2.45, 2.75) is 59.3 Å². The van der Waals surface area contributed by atoms with Gasteiger partial charge in [-0.05, 0) is 24.3 Å². The molecule has 1 aromatic rings. The van der Waals surface area contributed by atoms with Gasteiger partial charge in [-0.2, -0.15) is 0 Å². The molecule has 3 heteroatoms. The van der Waals surface area contributed by atoms with Crippen LogP contribution in [0.3, 0.4) is 0 Å². The zero-order chi connectivity index (χ0) is 15.6. The topological polar surface area (TPSA) is 32.3 Å². The molecule has 0 bridgehead atoms. The van der Waals surface area contributed by atoms with Gasteiger partial charge >= 0.3 is 0 Å². The van der Waals surface area contributed by atoms with Gasteiger partial charge in [0.25, 0.3) is 0 Å². The first-order valence-corrected chi connectivity index (χ1v) is 8.10. The highest BCUT2D eigenvalue weighted by molar-refractivity contribution is 5.86. The molecule has 1 heterocycles. The first-order chi connectivity index (χ1) is 9.97. The Morgan fingerprint density at radius 1 is 1.14 bits per heavy atom. The standard InChI is InChI=1S/C18H28N2O/c1-6-13(4)14(5)20-17(12(2)3)19-16(18(20)21)15-10-8-7-9-11-15/h7-14,16-17,19H,6H2,1-5H3. The molecule has 1 saturated heterocycles. The number of benzene rings is 1. The molecule has 1 aromatic carbocycles. The van der Waals surface area contributed by atoms with E-state index < -0.39 is 0 Å². The summed E-state index contributed by atoms with van der Waals surface area (Å²) < 4.78 is 0. The van der Waals surface area contributed by atoms with Crippen LogP contribution in [0.5, 0.6) is 0 Å². The highest BCUT2D eigenvalue weighted by atomic mass is 16.2. The molecule has 3 nitrogen and oxygen atoms in total. The van der Waals surface area contributed by atoms with Gasteiger partial charge in [0.2, 0.25) is 5.91 Å². The van der Waals surface area contributed by atoms with Crippen molar-refractivity contribution in [3.05, 3.63) is 35.9 Å². The number of carbonyl (C=O) groups excluding carboxylic acids is 1. The van der Waals surface area contributed by atoms with Gasteiger partial charge in [-0.25, -0.2) is 0 Å². The van der Waals surface area contributed by atoms with Crippen LogP contribution in [-0.2, 0) is 4.79 Å². The minimum Gasteiger partial charge on any atom is -0.322 e. The minimum atomic E-state index is -0.204. The van der Waals surface area contributed by atoms with Gasteiger partial charge in [0, 0.05) is 6.04 Å². The lowest BCUT2D eigenvalue weighted by atomic mass is 9.97. The Labute approximate surface area is 128 Å². The van der Waals surface area contributed by atoms with Crippen molar-refractivity contribution in [2.24, 2.45) is 11.8 Å². The van der Waals surface area contributed by atoms with Crippen molar-refractivity contribution in [1.29, 1.82) is 0 Å². The van der Waals surface area contributed by atoms with Crippen LogP contribution in [0.25, 0.3) is 0 Å². The molecule has 116 valence electrons. The van der Waals surface area contributed by atoms with E-state index in [-0.39, 0.29) is 24.2 Å². The largest absolute Gasteiger partial charge is 0.322 e. The van der Waals surface area contributed by atoms with E-state index in [0.717, 1.165) is 12.0 Å². The molecule has 0 radical (unpaired) electrons. The summed E-state index contributed by atoms with van der Waals surface area (Å²) in [6, 6.07) is 10.1. The Balaban J connectivity index is 2.29. The van der Waals surface area contributed by atoms with Gasteiger partial charge < -0.3 is 4.90 Å². The van der Waals surface area contributed by atoms with Crippen molar-refractivity contribution < 1.29 is 4.79 Å². The fourth-order valence-corrected chi connectivity index (χ4v) is 3.08. The Morgan fingerprint density at radius 3 is 2.29 bits per heavy atom. The minimum absolute atomic E-state index is 0.117. The van der Waals surface area contributed by atoms with E-state index in [1.807, 2.05) is 30.3 Å². The van der Waals surface area contributed by atoms with E-state index in [4.69, 9.17) is 0 Å². The summed E-state index contributed by atoms with van der Waals surface area (Å²) in [5, 5.41) is 3.54. The zero-order valence-corrected chi connectivity index (χ0v) is 13.8. The maximum Gasteiger partial charge on any atom is 0.245 e. The van der Waals surface area contributed by atoms with Gasteiger partial charge in [0.1, 0.15) is 6.04 Å². The second kappa shape index (κ2) is 6.61. The number of nitrogens with zero attached hydrogens (tertiary/aromatic N) is 1. The third kappa shape index (κ3) is 3.13. The zero-order valence-electron chi connectivity index (χ0n) is 13.8. The predicted molar refractivity (Wildman–Crippen MR) is 86.7 cm³/mol. The van der Waals surface area contributed by atoms with Crippen molar-refractivity contribution in [3.63, 3.8) is 0 Å². The third-order valence-corrected chi connectivity index (χ3v) is 4.81. The van der Waals surface area contributed by atoms with Crippen LogP contribution in [0.1, 0.15) is 52.6 Å². The fourth-order valence-electron chi connectivity index (χ4n) is 3.08. The highest BCUT2D eigenvalue weighted by Crippen LogP contribution is 2.31. The monoisotopic (exact) mass is 288 g/mol. The summed E-state index contributed by atoms with van der Waals surface area (Å²) in [6.45, 7) is 10.9. The van der Waals surface area contributed by atoms with Gasteiger partial charge in [-0.1, -0.05) is 64.4 Å². The fraction of sp³-hybridized carbons (Fsp3) is 0.611. The molecule has 1 aliphatic rings. The van der Waals surface area contributed by atoms with E-state index in [1.165, 1.54) is 0 Å². The smallest absolute Gasteiger partial charge is 0.245 e.